The van der Waals surface area contributed by atoms with Gasteiger partial charge in [-0.05, 0) is 54.6 Å². The van der Waals surface area contributed by atoms with E-state index in [0.29, 0.717) is 0 Å². The highest BCUT2D eigenvalue weighted by Crippen LogP contribution is 2.63. The number of rotatable bonds is 5. The lowest BCUT2D eigenvalue weighted by molar-refractivity contribution is 0.573. The van der Waals surface area contributed by atoms with E-state index in [-0.39, 0.29) is 5.38 Å². The molecule has 0 aromatic heterocycles. The smallest absolute Gasteiger partial charge is 0.0618 e. The first-order valence-electron chi connectivity index (χ1n) is 7.54. The molecule has 98 valence electrons. The molecule has 0 N–H and O–H groups in total. The lowest BCUT2D eigenvalue weighted by Gasteiger charge is -2.12. The summed E-state index contributed by atoms with van der Waals surface area (Å²) < 4.78 is 0. The minimum Gasteiger partial charge on any atom is -0.117 e. The molecule has 1 heteroatoms. The third-order valence-electron chi connectivity index (χ3n) is 4.93. The van der Waals surface area contributed by atoms with Gasteiger partial charge in [-0.3, -0.25) is 0 Å². The molecule has 0 radical (unpaired) electrons. The molecule has 0 aliphatic heterocycles. The van der Waals surface area contributed by atoms with Crippen LogP contribution in [-0.2, 0) is 6.42 Å². The quantitative estimate of drug-likeness (QED) is 0.627. The maximum Gasteiger partial charge on any atom is 0.0618 e. The highest BCUT2D eigenvalue weighted by Gasteiger charge is 2.55. The Hall–Kier alpha value is -0.490. The van der Waals surface area contributed by atoms with Gasteiger partial charge in [0.15, 0.2) is 0 Å². The van der Waals surface area contributed by atoms with Gasteiger partial charge in [-0.25, -0.2) is 0 Å². The molecule has 0 bridgehead atoms. The van der Waals surface area contributed by atoms with E-state index >= 15 is 0 Å². The van der Waals surface area contributed by atoms with E-state index in [2.05, 4.69) is 31.2 Å². The molecule has 1 aromatic carbocycles. The van der Waals surface area contributed by atoms with Gasteiger partial charge in [0.05, 0.1) is 5.38 Å². The van der Waals surface area contributed by atoms with Crippen LogP contribution in [0, 0.1) is 17.8 Å². The van der Waals surface area contributed by atoms with Crippen LogP contribution in [-0.4, -0.2) is 0 Å². The Labute approximate surface area is 116 Å². The summed E-state index contributed by atoms with van der Waals surface area (Å²) in [5.41, 5.74) is 2.80. The lowest BCUT2D eigenvalue weighted by atomic mass is 10.00. The number of halogens is 1. The van der Waals surface area contributed by atoms with Gasteiger partial charge in [-0.1, -0.05) is 44.0 Å². The number of unbranched alkanes of at least 4 members (excludes halogenated alkanes) is 1. The molecule has 3 rings (SSSR count). The Morgan fingerprint density at radius 1 is 1.17 bits per heavy atom. The number of hydrogen-bond donors (Lipinski definition) is 0. The minimum absolute atomic E-state index is 0.264. The van der Waals surface area contributed by atoms with Gasteiger partial charge in [0.2, 0.25) is 0 Å². The molecule has 0 heterocycles. The van der Waals surface area contributed by atoms with Crippen LogP contribution in [0.15, 0.2) is 24.3 Å². The SMILES string of the molecule is CCCCc1ccc(C(Cl)C2C3CCCC32)cc1. The van der Waals surface area contributed by atoms with Gasteiger partial charge in [0.25, 0.3) is 0 Å². The number of alkyl halides is 1. The Morgan fingerprint density at radius 3 is 2.44 bits per heavy atom. The summed E-state index contributed by atoms with van der Waals surface area (Å²) in [6, 6.07) is 9.07. The van der Waals surface area contributed by atoms with Crippen LogP contribution in [0.3, 0.4) is 0 Å². The van der Waals surface area contributed by atoms with Gasteiger partial charge >= 0.3 is 0 Å². The van der Waals surface area contributed by atoms with E-state index < -0.39 is 0 Å². The Kier molecular flexibility index (Phi) is 3.66. The molecule has 2 aliphatic carbocycles. The van der Waals surface area contributed by atoms with Gasteiger partial charge in [0, 0.05) is 0 Å². The van der Waals surface area contributed by atoms with Gasteiger partial charge < -0.3 is 0 Å². The summed E-state index contributed by atoms with van der Waals surface area (Å²) >= 11 is 6.66. The molecule has 0 amide bonds. The van der Waals surface area contributed by atoms with Crippen molar-refractivity contribution in [1.82, 2.24) is 0 Å². The lowest BCUT2D eigenvalue weighted by Crippen LogP contribution is -1.99. The second kappa shape index (κ2) is 5.25. The predicted octanol–water partition coefficient (Wildman–Crippen LogP) is 5.36. The van der Waals surface area contributed by atoms with Crippen LogP contribution in [0.4, 0.5) is 0 Å². The summed E-state index contributed by atoms with van der Waals surface area (Å²) in [5.74, 6) is 2.68. The molecule has 0 saturated heterocycles. The zero-order chi connectivity index (χ0) is 12.5. The Bertz CT molecular complexity index is 385. The van der Waals surface area contributed by atoms with Crippen molar-refractivity contribution in [3.8, 4) is 0 Å². The first-order chi connectivity index (χ1) is 8.81. The second-order valence-corrected chi connectivity index (χ2v) is 6.55. The predicted molar refractivity (Wildman–Crippen MR) is 78.0 cm³/mol. The average Bonchev–Trinajstić information content (AvgIpc) is 2.88. The molecule has 3 atom stereocenters. The zero-order valence-electron chi connectivity index (χ0n) is 11.2. The van der Waals surface area contributed by atoms with E-state index in [4.69, 9.17) is 11.6 Å². The second-order valence-electron chi connectivity index (χ2n) is 6.08. The molecule has 0 nitrogen and oxygen atoms in total. The van der Waals surface area contributed by atoms with Crippen molar-refractivity contribution in [1.29, 1.82) is 0 Å². The number of aryl methyl sites for hydroxylation is 1. The standard InChI is InChI=1S/C17H23Cl/c1-2-3-5-12-8-10-13(11-9-12)17(18)16-14-6-4-7-15(14)16/h8-11,14-17H,2-7H2,1H3. The van der Waals surface area contributed by atoms with Gasteiger partial charge in [-0.15, -0.1) is 11.6 Å². The Morgan fingerprint density at radius 2 is 1.83 bits per heavy atom. The van der Waals surface area contributed by atoms with E-state index in [9.17, 15) is 0 Å². The zero-order valence-corrected chi connectivity index (χ0v) is 12.0. The minimum atomic E-state index is 0.264. The molecule has 1 aromatic rings. The number of benzene rings is 1. The van der Waals surface area contributed by atoms with Crippen molar-refractivity contribution in [2.24, 2.45) is 17.8 Å². The summed E-state index contributed by atoms with van der Waals surface area (Å²) in [4.78, 5) is 0. The molecule has 0 spiro atoms. The summed E-state index contributed by atoms with van der Waals surface area (Å²) in [6.07, 6.45) is 8.05. The summed E-state index contributed by atoms with van der Waals surface area (Å²) in [5, 5.41) is 0.264. The molecule has 2 saturated carbocycles. The highest BCUT2D eigenvalue weighted by molar-refractivity contribution is 6.21. The monoisotopic (exact) mass is 262 g/mol. The summed E-state index contributed by atoms with van der Waals surface area (Å²) in [6.45, 7) is 2.25. The van der Waals surface area contributed by atoms with Crippen LogP contribution >= 0.6 is 11.6 Å². The first-order valence-corrected chi connectivity index (χ1v) is 7.98. The van der Waals surface area contributed by atoms with Gasteiger partial charge in [0.1, 0.15) is 0 Å². The fourth-order valence-corrected chi connectivity index (χ4v) is 4.30. The van der Waals surface area contributed by atoms with E-state index in [0.717, 1.165) is 17.8 Å². The fourth-order valence-electron chi connectivity index (χ4n) is 3.78. The van der Waals surface area contributed by atoms with Crippen molar-refractivity contribution in [3.05, 3.63) is 35.4 Å². The van der Waals surface area contributed by atoms with E-state index in [1.165, 1.54) is 49.7 Å². The third kappa shape index (κ3) is 2.32. The molecular weight excluding hydrogens is 240 g/mol. The largest absolute Gasteiger partial charge is 0.117 e. The molecule has 2 fully saturated rings. The van der Waals surface area contributed by atoms with E-state index in [1.807, 2.05) is 0 Å². The first kappa shape index (κ1) is 12.5. The molecular formula is C17H23Cl. The Balaban J connectivity index is 1.62. The van der Waals surface area contributed by atoms with Crippen LogP contribution < -0.4 is 0 Å². The molecule has 3 unspecified atom stereocenters. The van der Waals surface area contributed by atoms with Crippen molar-refractivity contribution < 1.29 is 0 Å². The third-order valence-corrected chi connectivity index (χ3v) is 5.47. The molecule has 18 heavy (non-hydrogen) atoms. The highest BCUT2D eigenvalue weighted by atomic mass is 35.5. The average molecular weight is 263 g/mol. The maximum absolute atomic E-state index is 6.66. The number of hydrogen-bond acceptors (Lipinski definition) is 0. The van der Waals surface area contributed by atoms with E-state index in [1.54, 1.807) is 0 Å². The number of fused-ring (bicyclic) bond motifs is 1. The van der Waals surface area contributed by atoms with Crippen molar-refractivity contribution in [2.75, 3.05) is 0 Å². The van der Waals surface area contributed by atoms with Crippen molar-refractivity contribution >= 4 is 11.6 Å². The van der Waals surface area contributed by atoms with Gasteiger partial charge in [-0.2, -0.15) is 0 Å². The van der Waals surface area contributed by atoms with Crippen LogP contribution in [0.5, 0.6) is 0 Å². The van der Waals surface area contributed by atoms with Crippen LogP contribution in [0.1, 0.15) is 55.5 Å². The topological polar surface area (TPSA) is 0 Å². The maximum atomic E-state index is 6.66. The summed E-state index contributed by atoms with van der Waals surface area (Å²) in [7, 11) is 0. The van der Waals surface area contributed by atoms with Crippen LogP contribution in [0.25, 0.3) is 0 Å². The molecule has 2 aliphatic rings. The van der Waals surface area contributed by atoms with Crippen molar-refractivity contribution in [2.45, 2.75) is 50.8 Å². The fraction of sp³-hybridized carbons (Fsp3) is 0.647. The van der Waals surface area contributed by atoms with Crippen molar-refractivity contribution in [3.63, 3.8) is 0 Å². The normalized spacial score (nSPS) is 31.1. The van der Waals surface area contributed by atoms with Crippen LogP contribution in [0.2, 0.25) is 0 Å².